The highest BCUT2D eigenvalue weighted by atomic mass is 32.2. The number of ether oxygens (including phenoxy) is 1. The first-order valence-electron chi connectivity index (χ1n) is 7.42. The van der Waals surface area contributed by atoms with E-state index < -0.39 is 10.0 Å². The fourth-order valence-electron chi connectivity index (χ4n) is 2.09. The van der Waals surface area contributed by atoms with Crippen molar-refractivity contribution in [2.45, 2.75) is 23.7 Å². The van der Waals surface area contributed by atoms with Crippen molar-refractivity contribution in [3.05, 3.63) is 42.8 Å². The standard InChI is InChI=1S/C15H21N5O3S2/c1-3-11(4-2)20(17)8-10(16)9-23-12-5-6-13-14(7-12)24-15(19-13)25(18,21)22/h3,5-8,11H,1,4,9,16-17H2,2H3,(H2,18,21,22)/b10-8-. The summed E-state index contributed by atoms with van der Waals surface area (Å²) in [6.45, 7) is 5.85. The summed E-state index contributed by atoms with van der Waals surface area (Å²) < 4.78 is 28.9. The van der Waals surface area contributed by atoms with Gasteiger partial charge in [0.1, 0.15) is 12.4 Å². The molecule has 1 heterocycles. The van der Waals surface area contributed by atoms with Gasteiger partial charge in [-0.2, -0.15) is 0 Å². The Balaban J connectivity index is 2.09. The molecule has 0 saturated heterocycles. The summed E-state index contributed by atoms with van der Waals surface area (Å²) in [5, 5.41) is 6.57. The van der Waals surface area contributed by atoms with Gasteiger partial charge in [-0.1, -0.05) is 13.0 Å². The van der Waals surface area contributed by atoms with Crippen molar-refractivity contribution in [3.63, 3.8) is 0 Å². The van der Waals surface area contributed by atoms with E-state index in [-0.39, 0.29) is 17.0 Å². The molecule has 0 fully saturated rings. The lowest BCUT2D eigenvalue weighted by atomic mass is 10.2. The van der Waals surface area contributed by atoms with E-state index in [1.807, 2.05) is 6.92 Å². The second kappa shape index (κ2) is 7.83. The number of hydrogen-bond acceptors (Lipinski definition) is 8. The first-order chi connectivity index (χ1) is 11.7. The number of primary sulfonamides is 1. The van der Waals surface area contributed by atoms with Gasteiger partial charge in [-0.15, -0.1) is 17.9 Å². The third-order valence-electron chi connectivity index (χ3n) is 3.38. The van der Waals surface area contributed by atoms with Gasteiger partial charge in [0.25, 0.3) is 10.0 Å². The molecule has 0 amide bonds. The molecule has 0 bridgehead atoms. The summed E-state index contributed by atoms with van der Waals surface area (Å²) in [6.07, 6.45) is 4.14. The van der Waals surface area contributed by atoms with Crippen LogP contribution >= 0.6 is 11.3 Å². The predicted octanol–water partition coefficient (Wildman–Crippen LogP) is 1.26. The molecular formula is C15H21N5O3S2. The van der Waals surface area contributed by atoms with Crippen LogP contribution in [0, 0.1) is 0 Å². The molecule has 10 heteroatoms. The lowest BCUT2D eigenvalue weighted by Crippen LogP contribution is -2.36. The lowest BCUT2D eigenvalue weighted by Gasteiger charge is -2.22. The molecule has 136 valence electrons. The Morgan fingerprint density at radius 2 is 2.24 bits per heavy atom. The molecule has 0 aliphatic carbocycles. The van der Waals surface area contributed by atoms with Crippen LogP contribution in [0.2, 0.25) is 0 Å². The largest absolute Gasteiger partial charge is 0.487 e. The van der Waals surface area contributed by atoms with Crippen molar-refractivity contribution in [1.82, 2.24) is 9.99 Å². The molecule has 0 radical (unpaired) electrons. The van der Waals surface area contributed by atoms with Crippen LogP contribution < -0.4 is 21.5 Å². The van der Waals surface area contributed by atoms with Gasteiger partial charge < -0.3 is 15.5 Å². The molecule has 25 heavy (non-hydrogen) atoms. The highest BCUT2D eigenvalue weighted by Crippen LogP contribution is 2.28. The van der Waals surface area contributed by atoms with E-state index >= 15 is 0 Å². The van der Waals surface area contributed by atoms with Crippen molar-refractivity contribution in [2.24, 2.45) is 16.7 Å². The van der Waals surface area contributed by atoms with Crippen LogP contribution in [-0.2, 0) is 10.0 Å². The van der Waals surface area contributed by atoms with Crippen LogP contribution in [-0.4, -0.2) is 31.1 Å². The van der Waals surface area contributed by atoms with Crippen LogP contribution in [0.15, 0.2) is 47.1 Å². The number of sulfonamides is 1. The Bertz CT molecular complexity index is 892. The van der Waals surface area contributed by atoms with Crippen LogP contribution in [0.3, 0.4) is 0 Å². The normalized spacial score (nSPS) is 13.6. The predicted molar refractivity (Wildman–Crippen MR) is 99.1 cm³/mol. The maximum atomic E-state index is 11.4. The molecule has 1 unspecified atom stereocenters. The topological polar surface area (TPSA) is 138 Å². The van der Waals surface area contributed by atoms with Crippen molar-refractivity contribution in [1.29, 1.82) is 0 Å². The quantitative estimate of drug-likeness (QED) is 0.354. The molecule has 0 spiro atoms. The maximum Gasteiger partial charge on any atom is 0.265 e. The highest BCUT2D eigenvalue weighted by Gasteiger charge is 2.15. The SMILES string of the molecule is C=CC(CC)N(N)/C=C(\N)COc1ccc2nc(S(N)(=O)=O)sc2c1. The zero-order valence-electron chi connectivity index (χ0n) is 13.8. The first-order valence-corrected chi connectivity index (χ1v) is 9.78. The monoisotopic (exact) mass is 383 g/mol. The van der Waals surface area contributed by atoms with E-state index in [4.69, 9.17) is 21.5 Å². The van der Waals surface area contributed by atoms with Gasteiger partial charge in [-0.25, -0.2) is 24.4 Å². The number of fused-ring (bicyclic) bond motifs is 1. The minimum absolute atomic E-state index is 0.0104. The van der Waals surface area contributed by atoms with Crippen molar-refractivity contribution in [3.8, 4) is 5.75 Å². The molecule has 8 nitrogen and oxygen atoms in total. The highest BCUT2D eigenvalue weighted by molar-refractivity contribution is 7.91. The third kappa shape index (κ3) is 4.92. The number of rotatable bonds is 8. The smallest absolute Gasteiger partial charge is 0.265 e. The van der Waals surface area contributed by atoms with Crippen molar-refractivity contribution < 1.29 is 13.2 Å². The van der Waals surface area contributed by atoms with Gasteiger partial charge in [0.2, 0.25) is 4.34 Å². The second-order valence-corrected chi connectivity index (χ2v) is 8.07. The second-order valence-electron chi connectivity index (χ2n) is 5.31. The summed E-state index contributed by atoms with van der Waals surface area (Å²) in [7, 11) is -3.82. The molecular weight excluding hydrogens is 362 g/mol. The molecule has 1 atom stereocenters. The number of thiazole rings is 1. The number of hydrazine groups is 1. The molecule has 0 aliphatic heterocycles. The van der Waals surface area contributed by atoms with E-state index in [0.29, 0.717) is 21.7 Å². The molecule has 6 N–H and O–H groups in total. The Morgan fingerprint density at radius 1 is 1.52 bits per heavy atom. The summed E-state index contributed by atoms with van der Waals surface area (Å²) in [4.78, 5) is 3.98. The average Bonchev–Trinajstić information content (AvgIpc) is 2.97. The maximum absolute atomic E-state index is 11.4. The van der Waals surface area contributed by atoms with Gasteiger partial charge in [-0.3, -0.25) is 0 Å². The van der Waals surface area contributed by atoms with Crippen molar-refractivity contribution >= 4 is 31.6 Å². The Hall–Kier alpha value is -2.14. The van der Waals surface area contributed by atoms with Crippen LogP contribution in [0.25, 0.3) is 10.2 Å². The first kappa shape index (κ1) is 19.2. The summed E-state index contributed by atoms with van der Waals surface area (Å²) in [5.74, 6) is 6.44. The molecule has 1 aromatic heterocycles. The zero-order chi connectivity index (χ0) is 18.6. The van der Waals surface area contributed by atoms with Gasteiger partial charge in [0.05, 0.1) is 22.0 Å². The van der Waals surface area contributed by atoms with E-state index in [1.54, 1.807) is 30.5 Å². The van der Waals surface area contributed by atoms with Crippen LogP contribution in [0.4, 0.5) is 0 Å². The molecule has 2 rings (SSSR count). The molecule has 0 saturated carbocycles. The van der Waals surface area contributed by atoms with Gasteiger partial charge in [0.15, 0.2) is 0 Å². The molecule has 1 aromatic carbocycles. The number of aromatic nitrogens is 1. The fraction of sp³-hybridized carbons (Fsp3) is 0.267. The summed E-state index contributed by atoms with van der Waals surface area (Å²) in [5.41, 5.74) is 6.90. The Morgan fingerprint density at radius 3 is 2.84 bits per heavy atom. The summed E-state index contributed by atoms with van der Waals surface area (Å²) >= 11 is 0.984. The zero-order valence-corrected chi connectivity index (χ0v) is 15.4. The van der Waals surface area contributed by atoms with Gasteiger partial charge in [-0.05, 0) is 24.6 Å². The van der Waals surface area contributed by atoms with E-state index in [1.165, 1.54) is 5.01 Å². The number of nitrogens with zero attached hydrogens (tertiary/aromatic N) is 2. The van der Waals surface area contributed by atoms with Gasteiger partial charge in [0, 0.05) is 6.20 Å². The number of nitrogens with two attached hydrogens (primary N) is 3. The number of benzene rings is 1. The van der Waals surface area contributed by atoms with E-state index in [0.717, 1.165) is 17.8 Å². The van der Waals surface area contributed by atoms with E-state index in [9.17, 15) is 8.42 Å². The van der Waals surface area contributed by atoms with E-state index in [2.05, 4.69) is 11.6 Å². The Labute approximate surface area is 150 Å². The third-order valence-corrected chi connectivity index (χ3v) is 5.72. The molecule has 0 aliphatic rings. The van der Waals surface area contributed by atoms with Crippen molar-refractivity contribution in [2.75, 3.05) is 6.61 Å². The fourth-order valence-corrected chi connectivity index (χ4v) is 3.77. The minimum Gasteiger partial charge on any atom is -0.487 e. The van der Waals surface area contributed by atoms with Crippen LogP contribution in [0.1, 0.15) is 13.3 Å². The van der Waals surface area contributed by atoms with Gasteiger partial charge >= 0.3 is 0 Å². The average molecular weight is 383 g/mol. The number of hydrogen-bond donors (Lipinski definition) is 3. The Kier molecular flexibility index (Phi) is 6.01. The summed E-state index contributed by atoms with van der Waals surface area (Å²) in [6, 6.07) is 5.02. The van der Waals surface area contributed by atoms with Crippen LogP contribution in [0.5, 0.6) is 5.75 Å². The lowest BCUT2D eigenvalue weighted by molar-refractivity contribution is 0.308. The molecule has 2 aromatic rings. The minimum atomic E-state index is -3.82.